The van der Waals surface area contributed by atoms with Gasteiger partial charge >= 0.3 is 0 Å². The number of benzene rings is 1. The zero-order chi connectivity index (χ0) is 14.6. The van der Waals surface area contributed by atoms with Gasteiger partial charge in [-0.15, -0.1) is 11.3 Å². The maximum Gasteiger partial charge on any atom is 0.261 e. The van der Waals surface area contributed by atoms with E-state index in [2.05, 4.69) is 31.2 Å². The third kappa shape index (κ3) is 2.02. The summed E-state index contributed by atoms with van der Waals surface area (Å²) < 4.78 is 1.65. The second kappa shape index (κ2) is 4.53. The molecule has 0 N–H and O–H groups in total. The summed E-state index contributed by atoms with van der Waals surface area (Å²) in [6.45, 7) is 4.00. The van der Waals surface area contributed by atoms with Gasteiger partial charge in [-0.2, -0.15) is 0 Å². The van der Waals surface area contributed by atoms with Crippen molar-refractivity contribution in [3.05, 3.63) is 68.6 Å². The molecule has 106 valence electrons. The van der Waals surface area contributed by atoms with Gasteiger partial charge in [0.15, 0.2) is 4.96 Å². The summed E-state index contributed by atoms with van der Waals surface area (Å²) in [5.74, 6) is 0.908. The summed E-state index contributed by atoms with van der Waals surface area (Å²) in [7, 11) is 0. The van der Waals surface area contributed by atoms with Gasteiger partial charge in [0.05, 0.1) is 5.69 Å². The number of rotatable bonds is 2. The topological polar surface area (TPSA) is 34.4 Å². The van der Waals surface area contributed by atoms with Gasteiger partial charge in [-0.05, 0) is 31.7 Å². The van der Waals surface area contributed by atoms with E-state index in [1.54, 1.807) is 10.6 Å². The number of nitrogens with zero attached hydrogens (tertiary/aromatic N) is 2. The molecule has 1 aliphatic rings. The van der Waals surface area contributed by atoms with Gasteiger partial charge in [-0.1, -0.05) is 29.8 Å². The van der Waals surface area contributed by atoms with Gasteiger partial charge in [-0.25, -0.2) is 4.98 Å². The molecule has 21 heavy (non-hydrogen) atoms. The van der Waals surface area contributed by atoms with E-state index in [9.17, 15) is 4.79 Å². The minimum absolute atomic E-state index is 0.0748. The van der Waals surface area contributed by atoms with Gasteiger partial charge in [-0.3, -0.25) is 9.20 Å². The Balaban J connectivity index is 1.74. The van der Waals surface area contributed by atoms with Crippen molar-refractivity contribution < 1.29 is 0 Å². The van der Waals surface area contributed by atoms with Crippen molar-refractivity contribution in [3.8, 4) is 0 Å². The lowest BCUT2D eigenvalue weighted by atomic mass is 10.0. The smallest absolute Gasteiger partial charge is 0.261 e. The Morgan fingerprint density at radius 2 is 1.95 bits per heavy atom. The highest BCUT2D eigenvalue weighted by atomic mass is 32.1. The molecule has 0 unspecified atom stereocenters. The van der Waals surface area contributed by atoms with Crippen LogP contribution in [0.25, 0.3) is 4.96 Å². The van der Waals surface area contributed by atoms with Gasteiger partial charge in [0.2, 0.25) is 0 Å². The summed E-state index contributed by atoms with van der Waals surface area (Å²) in [5.41, 5.74) is 4.51. The van der Waals surface area contributed by atoms with Crippen molar-refractivity contribution in [2.24, 2.45) is 0 Å². The predicted molar refractivity (Wildman–Crippen MR) is 85.4 cm³/mol. The molecule has 1 saturated carbocycles. The average molecular weight is 296 g/mol. The van der Waals surface area contributed by atoms with Crippen molar-refractivity contribution in [1.29, 1.82) is 0 Å². The van der Waals surface area contributed by atoms with Crippen LogP contribution in [0.5, 0.6) is 0 Å². The van der Waals surface area contributed by atoms with Gasteiger partial charge in [0.25, 0.3) is 5.56 Å². The maximum atomic E-state index is 12.4. The highest BCUT2D eigenvalue weighted by Crippen LogP contribution is 2.54. The average Bonchev–Trinajstić information content (AvgIpc) is 3.13. The van der Waals surface area contributed by atoms with Gasteiger partial charge < -0.3 is 0 Å². The lowest BCUT2D eigenvalue weighted by molar-refractivity contribution is 0.914. The third-order valence-electron chi connectivity index (χ3n) is 4.38. The fourth-order valence-corrected chi connectivity index (χ4v) is 3.74. The van der Waals surface area contributed by atoms with Crippen molar-refractivity contribution in [1.82, 2.24) is 9.38 Å². The summed E-state index contributed by atoms with van der Waals surface area (Å²) in [6, 6.07) is 8.71. The second-order valence-electron chi connectivity index (χ2n) is 5.84. The molecule has 1 fully saturated rings. The largest absolute Gasteiger partial charge is 0.269 e. The highest BCUT2D eigenvalue weighted by Gasteiger charge is 2.42. The molecule has 4 heteroatoms. The SMILES string of the molecule is Cc1ccc([C@@H]2C[C@H]2c2nc3sccn3c(=O)c2C)cc1. The molecule has 0 bridgehead atoms. The van der Waals surface area contributed by atoms with Gasteiger partial charge in [0, 0.05) is 23.1 Å². The van der Waals surface area contributed by atoms with Crippen LogP contribution in [-0.4, -0.2) is 9.38 Å². The number of thiazole rings is 1. The molecular weight excluding hydrogens is 280 g/mol. The fraction of sp³-hybridized carbons (Fsp3) is 0.294. The van der Waals surface area contributed by atoms with Crippen LogP contribution < -0.4 is 5.56 Å². The zero-order valence-electron chi connectivity index (χ0n) is 12.0. The molecule has 1 aliphatic carbocycles. The van der Waals surface area contributed by atoms with Crippen molar-refractivity contribution >= 4 is 16.3 Å². The zero-order valence-corrected chi connectivity index (χ0v) is 12.9. The van der Waals surface area contributed by atoms with Crippen LogP contribution >= 0.6 is 11.3 Å². The first-order valence-corrected chi connectivity index (χ1v) is 8.06. The van der Waals surface area contributed by atoms with E-state index in [0.29, 0.717) is 11.8 Å². The maximum absolute atomic E-state index is 12.4. The minimum Gasteiger partial charge on any atom is -0.269 e. The molecule has 1 aromatic carbocycles. The molecule has 3 aromatic rings. The first-order chi connectivity index (χ1) is 10.1. The number of hydrogen-bond acceptors (Lipinski definition) is 3. The van der Waals surface area contributed by atoms with Crippen LogP contribution in [0.15, 0.2) is 40.6 Å². The number of fused-ring (bicyclic) bond motifs is 1. The van der Waals surface area contributed by atoms with Gasteiger partial charge in [0.1, 0.15) is 0 Å². The first-order valence-electron chi connectivity index (χ1n) is 7.18. The van der Waals surface area contributed by atoms with E-state index < -0.39 is 0 Å². The number of hydrogen-bond donors (Lipinski definition) is 0. The normalized spacial score (nSPS) is 20.9. The second-order valence-corrected chi connectivity index (χ2v) is 6.72. The van der Waals surface area contributed by atoms with Crippen LogP contribution in [0, 0.1) is 13.8 Å². The summed E-state index contributed by atoms with van der Waals surface area (Å²) in [6.07, 6.45) is 2.90. The first kappa shape index (κ1) is 12.8. The molecule has 3 nitrogen and oxygen atoms in total. The Hall–Kier alpha value is -1.94. The van der Waals surface area contributed by atoms with Crippen molar-refractivity contribution in [3.63, 3.8) is 0 Å². The van der Waals surface area contributed by atoms with Crippen LogP contribution in [-0.2, 0) is 0 Å². The fourth-order valence-electron chi connectivity index (χ4n) is 3.02. The molecule has 0 amide bonds. The molecule has 4 rings (SSSR count). The van der Waals surface area contributed by atoms with Crippen LogP contribution in [0.3, 0.4) is 0 Å². The highest BCUT2D eigenvalue weighted by molar-refractivity contribution is 7.15. The van der Waals surface area contributed by atoms with E-state index >= 15 is 0 Å². The molecule has 2 heterocycles. The standard InChI is InChI=1S/C17H16N2OS/c1-10-3-5-12(6-4-10)13-9-14(13)15-11(2)16(20)19-7-8-21-17(19)18-15/h3-8,13-14H,9H2,1-2H3/t13-,14+/m0/s1. The monoisotopic (exact) mass is 296 g/mol. The lowest BCUT2D eigenvalue weighted by Gasteiger charge is -2.05. The minimum atomic E-state index is 0.0748. The molecule has 2 aromatic heterocycles. The molecular formula is C17H16N2OS. The molecule has 0 aliphatic heterocycles. The summed E-state index contributed by atoms with van der Waals surface area (Å²) in [5, 5.41) is 1.91. The Bertz CT molecular complexity index is 876. The van der Waals surface area contributed by atoms with E-state index in [0.717, 1.165) is 22.6 Å². The third-order valence-corrected chi connectivity index (χ3v) is 5.13. The van der Waals surface area contributed by atoms with E-state index in [1.165, 1.54) is 22.5 Å². The molecule has 0 radical (unpaired) electrons. The summed E-state index contributed by atoms with van der Waals surface area (Å²) >= 11 is 1.52. The quantitative estimate of drug-likeness (QED) is 0.723. The van der Waals surface area contributed by atoms with Crippen LogP contribution in [0.4, 0.5) is 0 Å². The predicted octanol–water partition coefficient (Wildman–Crippen LogP) is 3.64. The van der Waals surface area contributed by atoms with E-state index in [1.807, 2.05) is 12.3 Å². The van der Waals surface area contributed by atoms with E-state index in [4.69, 9.17) is 4.98 Å². The Morgan fingerprint density at radius 3 is 2.71 bits per heavy atom. The van der Waals surface area contributed by atoms with E-state index in [-0.39, 0.29) is 5.56 Å². The molecule has 0 saturated heterocycles. The number of aromatic nitrogens is 2. The lowest BCUT2D eigenvalue weighted by Crippen LogP contribution is -2.18. The Labute approximate surface area is 126 Å². The Morgan fingerprint density at radius 1 is 1.19 bits per heavy atom. The Kier molecular flexibility index (Phi) is 2.76. The van der Waals surface area contributed by atoms with Crippen LogP contribution in [0.1, 0.15) is 40.6 Å². The van der Waals surface area contributed by atoms with Crippen molar-refractivity contribution in [2.45, 2.75) is 32.1 Å². The summed E-state index contributed by atoms with van der Waals surface area (Å²) in [4.78, 5) is 17.9. The number of aryl methyl sites for hydroxylation is 1. The molecule has 0 spiro atoms. The molecule has 2 atom stereocenters. The van der Waals surface area contributed by atoms with Crippen molar-refractivity contribution in [2.75, 3.05) is 0 Å². The van der Waals surface area contributed by atoms with Crippen LogP contribution in [0.2, 0.25) is 0 Å².